The zero-order valence-corrected chi connectivity index (χ0v) is 12.6. The molecule has 2 N–H and O–H groups in total. The summed E-state index contributed by atoms with van der Waals surface area (Å²) in [6.45, 7) is 0.830. The summed E-state index contributed by atoms with van der Waals surface area (Å²) in [7, 11) is 0. The lowest BCUT2D eigenvalue weighted by atomic mass is 10.3. The Kier molecular flexibility index (Phi) is 5.25. The molecule has 0 radical (unpaired) electrons. The maximum absolute atomic E-state index is 13.5. The lowest BCUT2D eigenvalue weighted by Gasteiger charge is -2.14. The van der Waals surface area contributed by atoms with Gasteiger partial charge < -0.3 is 10.1 Å². The van der Waals surface area contributed by atoms with Gasteiger partial charge in [-0.1, -0.05) is 12.1 Å². The molecule has 1 atom stereocenters. The Bertz CT molecular complexity index is 874. The first-order valence-corrected chi connectivity index (χ1v) is 6.91. The van der Waals surface area contributed by atoms with Crippen molar-refractivity contribution in [3.8, 4) is 0 Å². The average Bonchev–Trinajstić information content (AvgIpc) is 2.52. The molecule has 0 spiro atoms. The number of anilines is 1. The largest absolute Gasteiger partial charge is 0.451 e. The highest BCUT2D eigenvalue weighted by atomic mass is 19.1. The molecule has 0 saturated carbocycles. The van der Waals surface area contributed by atoms with Gasteiger partial charge in [-0.3, -0.25) is 23.9 Å². The van der Waals surface area contributed by atoms with Crippen LogP contribution in [0.4, 0.5) is 10.1 Å². The topological polar surface area (TPSA) is 110 Å². The highest BCUT2D eigenvalue weighted by Gasteiger charge is 2.19. The number of hydrogen-bond acceptors (Lipinski definition) is 5. The highest BCUT2D eigenvalue weighted by molar-refractivity contribution is 5.95. The number of halogens is 1. The molecule has 1 aromatic heterocycles. The summed E-state index contributed by atoms with van der Waals surface area (Å²) in [5, 5.41) is 2.29. The van der Waals surface area contributed by atoms with E-state index in [0.29, 0.717) is 0 Å². The van der Waals surface area contributed by atoms with Crippen LogP contribution in [0.3, 0.4) is 0 Å². The second-order valence-corrected chi connectivity index (χ2v) is 4.84. The summed E-state index contributed by atoms with van der Waals surface area (Å²) in [6, 6.07) is 6.62. The normalized spacial score (nSPS) is 11.6. The van der Waals surface area contributed by atoms with Crippen molar-refractivity contribution in [3.05, 3.63) is 63.2 Å². The number of carbonyl (C=O) groups excluding carboxylic acids is 2. The highest BCUT2D eigenvalue weighted by Crippen LogP contribution is 2.13. The molecule has 0 aliphatic heterocycles. The summed E-state index contributed by atoms with van der Waals surface area (Å²) < 4.78 is 19.3. The average molecular weight is 335 g/mol. The van der Waals surface area contributed by atoms with Gasteiger partial charge in [0.2, 0.25) is 0 Å². The number of H-pyrrole nitrogens is 1. The van der Waals surface area contributed by atoms with E-state index in [4.69, 9.17) is 4.74 Å². The molecule has 1 heterocycles. The van der Waals surface area contributed by atoms with Crippen LogP contribution in [0.2, 0.25) is 0 Å². The van der Waals surface area contributed by atoms with E-state index < -0.39 is 41.6 Å². The lowest BCUT2D eigenvalue weighted by molar-refractivity contribution is -0.153. The van der Waals surface area contributed by atoms with E-state index in [9.17, 15) is 23.6 Å². The number of carbonyl (C=O) groups is 2. The van der Waals surface area contributed by atoms with Crippen molar-refractivity contribution in [2.24, 2.45) is 0 Å². The first kappa shape index (κ1) is 17.1. The predicted molar refractivity (Wildman–Crippen MR) is 81.9 cm³/mol. The van der Waals surface area contributed by atoms with Gasteiger partial charge in [-0.2, -0.15) is 0 Å². The second-order valence-electron chi connectivity index (χ2n) is 4.84. The number of aromatic nitrogens is 2. The Labute approximate surface area is 134 Å². The van der Waals surface area contributed by atoms with E-state index in [0.717, 1.165) is 16.8 Å². The summed E-state index contributed by atoms with van der Waals surface area (Å²) in [6.07, 6.45) is -0.0671. The summed E-state index contributed by atoms with van der Waals surface area (Å²) in [5.41, 5.74) is -1.41. The molecule has 1 aromatic carbocycles. The first-order valence-electron chi connectivity index (χ1n) is 6.91. The molecule has 126 valence electrons. The number of para-hydroxylation sites is 1. The molecule has 0 saturated heterocycles. The molecule has 24 heavy (non-hydrogen) atoms. The van der Waals surface area contributed by atoms with Gasteiger partial charge in [0.1, 0.15) is 12.4 Å². The Balaban J connectivity index is 1.95. The number of amides is 1. The van der Waals surface area contributed by atoms with Gasteiger partial charge in [-0.15, -0.1) is 0 Å². The van der Waals surface area contributed by atoms with Gasteiger partial charge in [-0.05, 0) is 19.1 Å². The molecule has 0 fully saturated rings. The van der Waals surface area contributed by atoms with Gasteiger partial charge in [0, 0.05) is 12.3 Å². The lowest BCUT2D eigenvalue weighted by Crippen LogP contribution is -2.35. The molecular weight excluding hydrogens is 321 g/mol. The van der Waals surface area contributed by atoms with E-state index in [1.807, 2.05) is 4.98 Å². The fraction of sp³-hybridized carbons (Fsp3) is 0.200. The summed E-state index contributed by atoms with van der Waals surface area (Å²) in [5.74, 6) is -2.20. The standard InChI is InChI=1S/C15H14FN3O5/c1-9(14(22)17-11-5-3-2-4-10(11)16)24-13(21)8-19-7-6-12(20)18-15(19)23/h2-7,9H,8H2,1H3,(H,17,22)(H,18,20,23)/t9-/m0/s1. The van der Waals surface area contributed by atoms with Gasteiger partial charge >= 0.3 is 11.7 Å². The van der Waals surface area contributed by atoms with Crippen LogP contribution in [-0.4, -0.2) is 27.5 Å². The van der Waals surface area contributed by atoms with E-state index in [1.54, 1.807) is 0 Å². The zero-order valence-electron chi connectivity index (χ0n) is 12.6. The summed E-state index contributed by atoms with van der Waals surface area (Å²) >= 11 is 0. The SMILES string of the molecule is C[C@H](OC(=O)Cn1ccc(=O)[nH]c1=O)C(=O)Nc1ccccc1F. The molecule has 2 rings (SSSR count). The number of nitrogens with zero attached hydrogens (tertiary/aromatic N) is 1. The fourth-order valence-corrected chi connectivity index (χ4v) is 1.79. The van der Waals surface area contributed by atoms with Crippen molar-refractivity contribution in [2.75, 3.05) is 5.32 Å². The van der Waals surface area contributed by atoms with Crippen LogP contribution in [0.1, 0.15) is 6.92 Å². The quantitative estimate of drug-likeness (QED) is 0.761. The third kappa shape index (κ3) is 4.38. The predicted octanol–water partition coefficient (Wildman–Crippen LogP) is 0.246. The molecule has 0 aliphatic carbocycles. The van der Waals surface area contributed by atoms with Gasteiger partial charge in [0.25, 0.3) is 11.5 Å². The van der Waals surface area contributed by atoms with Crippen molar-refractivity contribution in [1.82, 2.24) is 9.55 Å². The number of hydrogen-bond donors (Lipinski definition) is 2. The van der Waals surface area contributed by atoms with Crippen molar-refractivity contribution in [1.29, 1.82) is 0 Å². The van der Waals surface area contributed by atoms with E-state index in [-0.39, 0.29) is 5.69 Å². The van der Waals surface area contributed by atoms with Crippen LogP contribution in [0.25, 0.3) is 0 Å². The number of nitrogens with one attached hydrogen (secondary N) is 2. The van der Waals surface area contributed by atoms with Gasteiger partial charge in [-0.25, -0.2) is 9.18 Å². The van der Waals surface area contributed by atoms with Crippen molar-refractivity contribution >= 4 is 17.6 Å². The Morgan fingerprint density at radius 1 is 1.29 bits per heavy atom. The van der Waals surface area contributed by atoms with Crippen molar-refractivity contribution in [2.45, 2.75) is 19.6 Å². The number of benzene rings is 1. The van der Waals surface area contributed by atoms with Crippen LogP contribution >= 0.6 is 0 Å². The van der Waals surface area contributed by atoms with E-state index in [2.05, 4.69) is 5.32 Å². The van der Waals surface area contributed by atoms with Crippen LogP contribution < -0.4 is 16.6 Å². The first-order chi connectivity index (χ1) is 11.4. The zero-order chi connectivity index (χ0) is 17.7. The molecule has 1 amide bonds. The van der Waals surface area contributed by atoms with Crippen LogP contribution in [0, 0.1) is 5.82 Å². The molecular formula is C15H14FN3O5. The molecule has 2 aromatic rings. The van der Waals surface area contributed by atoms with Crippen LogP contribution in [0.15, 0.2) is 46.1 Å². The number of ether oxygens (including phenoxy) is 1. The molecule has 9 heteroatoms. The molecule has 0 bridgehead atoms. The smallest absolute Gasteiger partial charge is 0.328 e. The maximum Gasteiger partial charge on any atom is 0.328 e. The Hall–Kier alpha value is -3.23. The summed E-state index contributed by atoms with van der Waals surface area (Å²) in [4.78, 5) is 48.0. The minimum Gasteiger partial charge on any atom is -0.451 e. The van der Waals surface area contributed by atoms with Gasteiger partial charge in [0.05, 0.1) is 5.69 Å². The van der Waals surface area contributed by atoms with Crippen molar-refractivity contribution < 1.29 is 18.7 Å². The number of aromatic amines is 1. The second kappa shape index (κ2) is 7.36. The molecule has 0 aliphatic rings. The monoisotopic (exact) mass is 335 g/mol. The van der Waals surface area contributed by atoms with E-state index >= 15 is 0 Å². The molecule has 8 nitrogen and oxygen atoms in total. The fourth-order valence-electron chi connectivity index (χ4n) is 1.79. The van der Waals surface area contributed by atoms with E-state index in [1.165, 1.54) is 31.2 Å². The Morgan fingerprint density at radius 2 is 2.00 bits per heavy atom. The van der Waals surface area contributed by atoms with Gasteiger partial charge in [0.15, 0.2) is 6.10 Å². The third-order valence-corrected chi connectivity index (χ3v) is 3.01. The van der Waals surface area contributed by atoms with Crippen molar-refractivity contribution in [3.63, 3.8) is 0 Å². The number of rotatable bonds is 5. The third-order valence-electron chi connectivity index (χ3n) is 3.01. The minimum atomic E-state index is -1.20. The maximum atomic E-state index is 13.5. The minimum absolute atomic E-state index is 0.0396. The van der Waals surface area contributed by atoms with Crippen LogP contribution in [0.5, 0.6) is 0 Å². The van der Waals surface area contributed by atoms with Crippen LogP contribution in [-0.2, 0) is 20.9 Å². The Morgan fingerprint density at radius 3 is 2.67 bits per heavy atom. The molecule has 0 unspecified atom stereocenters. The number of esters is 1.